The monoisotopic (exact) mass is 393 g/mol. The molecular weight excluding hydrogens is 380 g/mol. The summed E-state index contributed by atoms with van der Waals surface area (Å²) in [6, 6.07) is 6.90. The van der Waals surface area contributed by atoms with Crippen LogP contribution >= 0.6 is 15.9 Å². The van der Waals surface area contributed by atoms with Crippen molar-refractivity contribution >= 4 is 21.7 Å². The van der Waals surface area contributed by atoms with Crippen LogP contribution in [0.2, 0.25) is 0 Å². The van der Waals surface area contributed by atoms with Gasteiger partial charge in [0.05, 0.1) is 22.5 Å². The van der Waals surface area contributed by atoms with E-state index in [0.29, 0.717) is 27.8 Å². The second kappa shape index (κ2) is 5.78. The summed E-state index contributed by atoms with van der Waals surface area (Å²) < 4.78 is 28.7. The molecular formula is C17H14BrF2N3O. The molecule has 124 valence electrons. The molecule has 2 aromatic rings. The minimum absolute atomic E-state index is 0.0461. The van der Waals surface area contributed by atoms with E-state index in [1.165, 1.54) is 4.68 Å². The molecule has 0 fully saturated rings. The lowest BCUT2D eigenvalue weighted by atomic mass is 9.75. The number of ketones is 1. The largest absolute Gasteiger partial charge is 0.294 e. The van der Waals surface area contributed by atoms with Crippen LogP contribution in [0.3, 0.4) is 0 Å². The van der Waals surface area contributed by atoms with Crippen LogP contribution in [0.5, 0.6) is 0 Å². The molecule has 1 aromatic heterocycles. The first-order chi connectivity index (χ1) is 11.2. The minimum Gasteiger partial charge on any atom is -0.294 e. The summed E-state index contributed by atoms with van der Waals surface area (Å²) in [4.78, 5) is 12.4. The van der Waals surface area contributed by atoms with Gasteiger partial charge in [-0.3, -0.25) is 4.79 Å². The number of hydrogen-bond donors (Lipinski definition) is 0. The molecule has 0 saturated carbocycles. The fraction of sp³-hybridized carbons (Fsp3) is 0.353. The zero-order chi connectivity index (χ0) is 17.6. The maximum atomic E-state index is 13.4. The number of nitriles is 1. The van der Waals surface area contributed by atoms with Gasteiger partial charge >= 0.3 is 0 Å². The van der Waals surface area contributed by atoms with E-state index in [-0.39, 0.29) is 23.2 Å². The van der Waals surface area contributed by atoms with E-state index in [9.17, 15) is 13.6 Å². The van der Waals surface area contributed by atoms with Crippen molar-refractivity contribution in [3.63, 3.8) is 0 Å². The highest BCUT2D eigenvalue weighted by molar-refractivity contribution is 9.10. The number of nitrogens with zero attached hydrogens (tertiary/aromatic N) is 3. The number of halogens is 3. The molecule has 0 bridgehead atoms. The molecule has 0 amide bonds. The number of fused-ring (bicyclic) bond motifs is 1. The first-order valence-corrected chi connectivity index (χ1v) is 8.16. The lowest BCUT2D eigenvalue weighted by molar-refractivity contribution is 0.0896. The van der Waals surface area contributed by atoms with Gasteiger partial charge in [0.25, 0.3) is 6.43 Å². The minimum atomic E-state index is -2.81. The van der Waals surface area contributed by atoms with Gasteiger partial charge in [0.15, 0.2) is 5.78 Å². The zero-order valence-corrected chi connectivity index (χ0v) is 14.7. The topological polar surface area (TPSA) is 58.7 Å². The van der Waals surface area contributed by atoms with Crippen molar-refractivity contribution in [1.29, 1.82) is 5.26 Å². The van der Waals surface area contributed by atoms with E-state index >= 15 is 0 Å². The van der Waals surface area contributed by atoms with Crippen molar-refractivity contribution < 1.29 is 13.6 Å². The van der Waals surface area contributed by atoms with Crippen molar-refractivity contribution in [2.45, 2.75) is 33.1 Å². The van der Waals surface area contributed by atoms with E-state index < -0.39 is 12.1 Å². The Kier molecular flexibility index (Phi) is 4.04. The Hall–Kier alpha value is -2.07. The van der Waals surface area contributed by atoms with Gasteiger partial charge in [-0.2, -0.15) is 10.4 Å². The standard InChI is InChI=1S/C17H14BrF2N3O/c1-17(2)6-12-14(13(24)7-17)15(16(19)20)22-23(12)10-4-3-9(8-21)11(18)5-10/h3-5,16H,6-7H2,1-2H3. The van der Waals surface area contributed by atoms with E-state index in [1.54, 1.807) is 18.2 Å². The first-order valence-electron chi connectivity index (χ1n) is 7.36. The highest BCUT2D eigenvalue weighted by Crippen LogP contribution is 2.39. The molecule has 0 unspecified atom stereocenters. The van der Waals surface area contributed by atoms with Crippen LogP contribution in [0, 0.1) is 16.7 Å². The van der Waals surface area contributed by atoms with Gasteiger partial charge < -0.3 is 0 Å². The van der Waals surface area contributed by atoms with Gasteiger partial charge in [0, 0.05) is 10.9 Å². The number of benzene rings is 1. The van der Waals surface area contributed by atoms with Crippen LogP contribution in [0.4, 0.5) is 8.78 Å². The highest BCUT2D eigenvalue weighted by atomic mass is 79.9. The predicted octanol–water partition coefficient (Wildman–Crippen LogP) is 4.60. The van der Waals surface area contributed by atoms with E-state index in [0.717, 1.165) is 0 Å². The third-order valence-corrected chi connectivity index (χ3v) is 4.75. The third kappa shape index (κ3) is 2.75. The molecule has 0 spiro atoms. The SMILES string of the molecule is CC1(C)CC(=O)c2c(C(F)F)nn(-c3ccc(C#N)c(Br)c3)c2C1. The molecule has 0 atom stereocenters. The van der Waals surface area contributed by atoms with Crippen molar-refractivity contribution in [2.75, 3.05) is 0 Å². The number of carbonyl (C=O) groups excluding carboxylic acids is 1. The summed E-state index contributed by atoms with van der Waals surface area (Å²) in [6.45, 7) is 3.86. The number of carbonyl (C=O) groups is 1. The van der Waals surface area contributed by atoms with E-state index in [4.69, 9.17) is 5.26 Å². The average molecular weight is 394 g/mol. The van der Waals surface area contributed by atoms with Crippen molar-refractivity contribution in [3.05, 3.63) is 45.2 Å². The second-order valence-corrected chi connectivity index (χ2v) is 7.49. The van der Waals surface area contributed by atoms with Gasteiger partial charge in [0.1, 0.15) is 11.8 Å². The molecule has 24 heavy (non-hydrogen) atoms. The van der Waals surface area contributed by atoms with Gasteiger partial charge in [-0.25, -0.2) is 13.5 Å². The lowest BCUT2D eigenvalue weighted by Gasteiger charge is -2.29. The van der Waals surface area contributed by atoms with Crippen molar-refractivity contribution in [1.82, 2.24) is 9.78 Å². The zero-order valence-electron chi connectivity index (χ0n) is 13.1. The Balaban J connectivity index is 2.23. The van der Waals surface area contributed by atoms with Crippen LogP contribution in [0.25, 0.3) is 5.69 Å². The van der Waals surface area contributed by atoms with Gasteiger partial charge in [-0.05, 0) is 46.0 Å². The molecule has 1 aliphatic rings. The van der Waals surface area contributed by atoms with Crippen LogP contribution < -0.4 is 0 Å². The second-order valence-electron chi connectivity index (χ2n) is 6.64. The van der Waals surface area contributed by atoms with Crippen molar-refractivity contribution in [3.8, 4) is 11.8 Å². The van der Waals surface area contributed by atoms with E-state index in [1.807, 2.05) is 19.9 Å². The Morgan fingerprint density at radius 2 is 2.08 bits per heavy atom. The van der Waals surface area contributed by atoms with Crippen molar-refractivity contribution in [2.24, 2.45) is 5.41 Å². The number of alkyl halides is 2. The maximum Gasteiger partial charge on any atom is 0.282 e. The number of rotatable bonds is 2. The smallest absolute Gasteiger partial charge is 0.282 e. The Bertz CT molecular complexity index is 881. The van der Waals surface area contributed by atoms with E-state index in [2.05, 4.69) is 21.0 Å². The first kappa shape index (κ1) is 16.8. The van der Waals surface area contributed by atoms with Crippen LogP contribution in [-0.2, 0) is 6.42 Å². The quantitative estimate of drug-likeness (QED) is 0.748. The molecule has 0 aliphatic heterocycles. The van der Waals surface area contributed by atoms with Gasteiger partial charge in [-0.15, -0.1) is 0 Å². The molecule has 1 aliphatic carbocycles. The van der Waals surface area contributed by atoms with Gasteiger partial charge in [0.2, 0.25) is 0 Å². The predicted molar refractivity (Wildman–Crippen MR) is 87.4 cm³/mol. The fourth-order valence-electron chi connectivity index (χ4n) is 3.07. The summed E-state index contributed by atoms with van der Waals surface area (Å²) >= 11 is 3.29. The summed E-state index contributed by atoms with van der Waals surface area (Å²) in [7, 11) is 0. The number of aromatic nitrogens is 2. The molecule has 3 rings (SSSR count). The molecule has 0 N–H and O–H groups in total. The molecule has 4 nitrogen and oxygen atoms in total. The lowest BCUT2D eigenvalue weighted by Crippen LogP contribution is -2.28. The number of hydrogen-bond acceptors (Lipinski definition) is 3. The summed E-state index contributed by atoms with van der Waals surface area (Å²) in [5, 5.41) is 13.0. The molecule has 0 radical (unpaired) electrons. The normalized spacial score (nSPS) is 16.1. The molecule has 1 heterocycles. The highest BCUT2D eigenvalue weighted by Gasteiger charge is 2.38. The Labute approximate surface area is 146 Å². The van der Waals surface area contributed by atoms with Crippen LogP contribution in [0.15, 0.2) is 22.7 Å². The Morgan fingerprint density at radius 1 is 1.38 bits per heavy atom. The molecule has 0 saturated heterocycles. The molecule has 1 aromatic carbocycles. The summed E-state index contributed by atoms with van der Waals surface area (Å²) in [6.07, 6.45) is -2.11. The Morgan fingerprint density at radius 3 is 2.67 bits per heavy atom. The fourth-order valence-corrected chi connectivity index (χ4v) is 3.53. The molecule has 7 heteroatoms. The summed E-state index contributed by atoms with van der Waals surface area (Å²) in [5.41, 5.74) is 0.740. The van der Waals surface area contributed by atoms with Crippen LogP contribution in [0.1, 0.15) is 54.0 Å². The van der Waals surface area contributed by atoms with Gasteiger partial charge in [-0.1, -0.05) is 13.8 Å². The average Bonchev–Trinajstić information content (AvgIpc) is 2.85. The number of Topliss-reactive ketones (excluding diaryl/α,β-unsaturated/α-hetero) is 1. The summed E-state index contributed by atoms with van der Waals surface area (Å²) in [5.74, 6) is -0.296. The third-order valence-electron chi connectivity index (χ3n) is 4.10. The van der Waals surface area contributed by atoms with Crippen LogP contribution in [-0.4, -0.2) is 15.6 Å². The maximum absolute atomic E-state index is 13.4.